The van der Waals surface area contributed by atoms with Crippen LogP contribution in [-0.2, 0) is 10.3 Å². The van der Waals surface area contributed by atoms with E-state index in [1.807, 2.05) is 6.07 Å². The maximum absolute atomic E-state index is 11.6. The van der Waals surface area contributed by atoms with Gasteiger partial charge in [0.25, 0.3) is 0 Å². The Balaban J connectivity index is 2.63. The fourth-order valence-electron chi connectivity index (χ4n) is 1.75. The third-order valence-electron chi connectivity index (χ3n) is 2.56. The maximum atomic E-state index is 11.6. The summed E-state index contributed by atoms with van der Waals surface area (Å²) in [6.07, 6.45) is 0. The Morgan fingerprint density at radius 2 is 1.50 bits per heavy atom. The van der Waals surface area contributed by atoms with Crippen molar-refractivity contribution >= 4 is 21.7 Å². The Hall–Kier alpha value is -1.85. The number of aryl methyl sites for hydroxylation is 1. The molecule has 0 heterocycles. The van der Waals surface area contributed by atoms with Gasteiger partial charge in [-0.15, -0.1) is 0 Å². The highest BCUT2D eigenvalue weighted by atomic mass is 32.2. The summed E-state index contributed by atoms with van der Waals surface area (Å²) in [7, 11) is -4.36. The van der Waals surface area contributed by atoms with Gasteiger partial charge in [-0.25, -0.2) is 4.31 Å². The molecule has 2 aromatic carbocycles. The minimum atomic E-state index is -4.36. The first-order chi connectivity index (χ1) is 8.50. The Morgan fingerprint density at radius 3 is 2.06 bits per heavy atom. The Labute approximate surface area is 106 Å². The molecule has 2 rings (SSSR count). The Morgan fingerprint density at radius 1 is 0.944 bits per heavy atom. The second-order valence-electron chi connectivity index (χ2n) is 3.86. The van der Waals surface area contributed by atoms with E-state index < -0.39 is 10.3 Å². The molecule has 18 heavy (non-hydrogen) atoms. The minimum absolute atomic E-state index is 0.398. The molecule has 0 unspecified atom stereocenters. The van der Waals surface area contributed by atoms with Crippen LogP contribution >= 0.6 is 0 Å². The molecule has 0 fully saturated rings. The van der Waals surface area contributed by atoms with Gasteiger partial charge in [-0.1, -0.05) is 36.4 Å². The monoisotopic (exact) mass is 263 g/mol. The third-order valence-corrected chi connectivity index (χ3v) is 3.42. The molecule has 0 aliphatic rings. The smallest absolute Gasteiger partial charge is 0.269 e. The average molecular weight is 263 g/mol. The van der Waals surface area contributed by atoms with Crippen LogP contribution in [0.15, 0.2) is 54.6 Å². The van der Waals surface area contributed by atoms with Crippen LogP contribution in [0.3, 0.4) is 0 Å². The molecule has 0 aromatic heterocycles. The van der Waals surface area contributed by atoms with E-state index in [1.165, 1.54) is 0 Å². The molecular weight excluding hydrogens is 250 g/mol. The van der Waals surface area contributed by atoms with Gasteiger partial charge >= 0.3 is 10.3 Å². The molecule has 5 heteroatoms. The fourth-order valence-corrected chi connectivity index (χ4v) is 2.59. The molecule has 0 atom stereocenters. The predicted octanol–water partition coefficient (Wildman–Crippen LogP) is 2.94. The zero-order valence-electron chi connectivity index (χ0n) is 9.82. The van der Waals surface area contributed by atoms with Crippen LogP contribution in [0.5, 0.6) is 0 Å². The minimum Gasteiger partial charge on any atom is -0.269 e. The summed E-state index contributed by atoms with van der Waals surface area (Å²) in [4.78, 5) is 0. The highest BCUT2D eigenvalue weighted by Crippen LogP contribution is 2.30. The second-order valence-corrected chi connectivity index (χ2v) is 5.13. The highest BCUT2D eigenvalue weighted by Gasteiger charge is 2.22. The standard InChI is InChI=1S/C13H13NO3S/c1-11-7-5-6-10-13(11)14(18(15,16)17)12-8-3-2-4-9-12/h2-10H,1H3,(H,15,16,17). The number of rotatable bonds is 3. The topological polar surface area (TPSA) is 57.6 Å². The molecule has 0 aliphatic heterocycles. The van der Waals surface area contributed by atoms with Crippen molar-refractivity contribution in [2.24, 2.45) is 0 Å². The summed E-state index contributed by atoms with van der Waals surface area (Å²) >= 11 is 0. The summed E-state index contributed by atoms with van der Waals surface area (Å²) in [5.41, 5.74) is 1.60. The maximum Gasteiger partial charge on any atom is 0.364 e. The normalized spacial score (nSPS) is 11.2. The number of para-hydroxylation sites is 2. The van der Waals surface area contributed by atoms with Gasteiger partial charge in [0, 0.05) is 0 Å². The number of benzene rings is 2. The van der Waals surface area contributed by atoms with Gasteiger partial charge in [0.05, 0.1) is 11.4 Å². The molecule has 1 N–H and O–H groups in total. The zero-order chi connectivity index (χ0) is 13.2. The van der Waals surface area contributed by atoms with Gasteiger partial charge in [0.1, 0.15) is 0 Å². The first-order valence-electron chi connectivity index (χ1n) is 5.38. The molecule has 0 spiro atoms. The van der Waals surface area contributed by atoms with Gasteiger partial charge in [-0.3, -0.25) is 4.55 Å². The van der Waals surface area contributed by atoms with Crippen molar-refractivity contribution in [1.82, 2.24) is 0 Å². The summed E-state index contributed by atoms with van der Waals surface area (Å²) in [6.45, 7) is 1.79. The molecule has 0 saturated carbocycles. The SMILES string of the molecule is Cc1ccccc1N(c1ccccc1)S(=O)(=O)O. The fraction of sp³-hybridized carbons (Fsp3) is 0.0769. The van der Waals surface area contributed by atoms with E-state index in [0.29, 0.717) is 11.4 Å². The van der Waals surface area contributed by atoms with Crippen molar-refractivity contribution in [3.05, 3.63) is 60.2 Å². The van der Waals surface area contributed by atoms with Crippen LogP contribution in [-0.4, -0.2) is 13.0 Å². The van der Waals surface area contributed by atoms with Crippen molar-refractivity contribution in [3.8, 4) is 0 Å². The second kappa shape index (κ2) is 4.80. The predicted molar refractivity (Wildman–Crippen MR) is 71.3 cm³/mol. The van der Waals surface area contributed by atoms with Gasteiger partial charge in [0.2, 0.25) is 0 Å². The lowest BCUT2D eigenvalue weighted by atomic mass is 10.2. The van der Waals surface area contributed by atoms with E-state index in [0.717, 1.165) is 9.87 Å². The van der Waals surface area contributed by atoms with Crippen LogP contribution in [0.25, 0.3) is 0 Å². The summed E-state index contributed by atoms with van der Waals surface area (Å²) in [6, 6.07) is 15.4. The van der Waals surface area contributed by atoms with E-state index >= 15 is 0 Å². The highest BCUT2D eigenvalue weighted by molar-refractivity contribution is 7.87. The molecular formula is C13H13NO3S. The molecule has 2 aromatic rings. The van der Waals surface area contributed by atoms with E-state index in [9.17, 15) is 13.0 Å². The Bertz CT molecular complexity index is 638. The van der Waals surface area contributed by atoms with Crippen molar-refractivity contribution in [2.45, 2.75) is 6.92 Å². The van der Waals surface area contributed by atoms with E-state index in [4.69, 9.17) is 0 Å². The summed E-state index contributed by atoms with van der Waals surface area (Å²) < 4.78 is 33.5. The van der Waals surface area contributed by atoms with Crippen LogP contribution in [0, 0.1) is 6.92 Å². The van der Waals surface area contributed by atoms with Crippen molar-refractivity contribution in [1.29, 1.82) is 0 Å². The van der Waals surface area contributed by atoms with E-state index in [2.05, 4.69) is 0 Å². The molecule has 0 bridgehead atoms. The zero-order valence-corrected chi connectivity index (χ0v) is 10.6. The number of hydrogen-bond acceptors (Lipinski definition) is 2. The first kappa shape index (κ1) is 12.6. The largest absolute Gasteiger partial charge is 0.364 e. The van der Waals surface area contributed by atoms with E-state index in [-0.39, 0.29) is 0 Å². The molecule has 0 aliphatic carbocycles. The first-order valence-corrected chi connectivity index (χ1v) is 6.78. The van der Waals surface area contributed by atoms with Crippen molar-refractivity contribution < 1.29 is 13.0 Å². The summed E-state index contributed by atoms with van der Waals surface area (Å²) in [5.74, 6) is 0. The number of anilines is 2. The molecule has 94 valence electrons. The van der Waals surface area contributed by atoms with Crippen molar-refractivity contribution in [3.63, 3.8) is 0 Å². The average Bonchev–Trinajstić information content (AvgIpc) is 2.32. The lowest BCUT2D eigenvalue weighted by molar-refractivity contribution is 0.483. The number of hydrogen-bond donors (Lipinski definition) is 1. The molecule has 0 amide bonds. The Kier molecular flexibility index (Phi) is 3.36. The molecule has 4 nitrogen and oxygen atoms in total. The van der Waals surface area contributed by atoms with Gasteiger partial charge in [-0.2, -0.15) is 8.42 Å². The lowest BCUT2D eigenvalue weighted by Gasteiger charge is -2.22. The van der Waals surface area contributed by atoms with Gasteiger partial charge in [0.15, 0.2) is 0 Å². The summed E-state index contributed by atoms with van der Waals surface area (Å²) in [5, 5.41) is 0. The van der Waals surface area contributed by atoms with Crippen LogP contribution in [0.1, 0.15) is 5.56 Å². The molecule has 0 radical (unpaired) electrons. The van der Waals surface area contributed by atoms with Crippen LogP contribution in [0.2, 0.25) is 0 Å². The quantitative estimate of drug-likeness (QED) is 0.866. The third kappa shape index (κ3) is 2.52. The van der Waals surface area contributed by atoms with Gasteiger partial charge < -0.3 is 0 Å². The van der Waals surface area contributed by atoms with Crippen molar-refractivity contribution in [2.75, 3.05) is 4.31 Å². The molecule has 0 saturated heterocycles. The number of nitrogens with zero attached hydrogens (tertiary/aromatic N) is 1. The van der Waals surface area contributed by atoms with Crippen LogP contribution in [0.4, 0.5) is 11.4 Å². The van der Waals surface area contributed by atoms with Gasteiger partial charge in [-0.05, 0) is 30.7 Å². The van der Waals surface area contributed by atoms with Crippen LogP contribution < -0.4 is 4.31 Å². The lowest BCUT2D eigenvalue weighted by Crippen LogP contribution is -2.25. The van der Waals surface area contributed by atoms with E-state index in [1.54, 1.807) is 55.5 Å².